The second-order valence-electron chi connectivity index (χ2n) is 5.90. The maximum Gasteiger partial charge on any atom is 0.179 e. The summed E-state index contributed by atoms with van der Waals surface area (Å²) >= 11 is 6.35. The predicted octanol–water partition coefficient (Wildman–Crippen LogP) is 2.54. The van der Waals surface area contributed by atoms with E-state index in [1.54, 1.807) is 0 Å². The van der Waals surface area contributed by atoms with Gasteiger partial charge in [-0.3, -0.25) is 4.90 Å². The van der Waals surface area contributed by atoms with Gasteiger partial charge in [-0.05, 0) is 50.2 Å². The molecule has 2 heterocycles. The lowest BCUT2D eigenvalue weighted by molar-refractivity contribution is 0.296. The van der Waals surface area contributed by atoms with Gasteiger partial charge in [0.05, 0.1) is 18.2 Å². The number of halogens is 1. The fraction of sp³-hybridized carbons (Fsp3) is 0.625. The quantitative estimate of drug-likeness (QED) is 0.926. The highest BCUT2D eigenvalue weighted by atomic mass is 35.5. The molecule has 1 aromatic carbocycles. The summed E-state index contributed by atoms with van der Waals surface area (Å²) in [6.45, 7) is 5.69. The largest absolute Gasteiger partial charge is 0.489 e. The van der Waals surface area contributed by atoms with Crippen molar-refractivity contribution in [3.63, 3.8) is 0 Å². The van der Waals surface area contributed by atoms with Gasteiger partial charge < -0.3 is 14.8 Å². The predicted molar refractivity (Wildman–Crippen MR) is 84.4 cm³/mol. The van der Waals surface area contributed by atoms with Gasteiger partial charge >= 0.3 is 0 Å². The summed E-state index contributed by atoms with van der Waals surface area (Å²) < 4.78 is 11.4. The van der Waals surface area contributed by atoms with Gasteiger partial charge in [0.15, 0.2) is 11.5 Å². The van der Waals surface area contributed by atoms with E-state index in [1.165, 1.54) is 12.0 Å². The van der Waals surface area contributed by atoms with E-state index >= 15 is 0 Å². The lowest BCUT2D eigenvalue weighted by atomic mass is 10.1. The minimum absolute atomic E-state index is 0.662. The van der Waals surface area contributed by atoms with Crippen molar-refractivity contribution in [2.24, 2.45) is 5.92 Å². The first-order chi connectivity index (χ1) is 10.3. The number of nitrogens with zero attached hydrogens (tertiary/aromatic N) is 1. The fourth-order valence-electron chi connectivity index (χ4n) is 3.15. The molecule has 0 amide bonds. The van der Waals surface area contributed by atoms with Gasteiger partial charge in [-0.2, -0.15) is 0 Å². The van der Waals surface area contributed by atoms with Crippen LogP contribution in [0.4, 0.5) is 0 Å². The lowest BCUT2D eigenvalue weighted by Crippen LogP contribution is -2.24. The highest BCUT2D eigenvalue weighted by Gasteiger charge is 2.23. The third kappa shape index (κ3) is 3.62. The Morgan fingerprint density at radius 2 is 2.19 bits per heavy atom. The summed E-state index contributed by atoms with van der Waals surface area (Å²) in [7, 11) is 2.02. The maximum absolute atomic E-state index is 6.35. The zero-order valence-electron chi connectivity index (χ0n) is 12.5. The monoisotopic (exact) mass is 310 g/mol. The molecule has 3 rings (SSSR count). The van der Waals surface area contributed by atoms with Gasteiger partial charge in [0.1, 0.15) is 0 Å². The molecule has 21 heavy (non-hydrogen) atoms. The molecule has 2 aliphatic rings. The molecule has 0 bridgehead atoms. The number of hydrogen-bond donors (Lipinski definition) is 1. The van der Waals surface area contributed by atoms with Gasteiger partial charge in [0.25, 0.3) is 0 Å². The van der Waals surface area contributed by atoms with Crippen molar-refractivity contribution >= 4 is 11.6 Å². The summed E-state index contributed by atoms with van der Waals surface area (Å²) in [5, 5.41) is 3.93. The summed E-state index contributed by atoms with van der Waals surface area (Å²) in [5.74, 6) is 2.25. The van der Waals surface area contributed by atoms with Gasteiger partial charge in [0, 0.05) is 19.5 Å². The molecule has 2 aliphatic heterocycles. The Bertz CT molecular complexity index is 495. The third-order valence-electron chi connectivity index (χ3n) is 4.13. The molecule has 4 nitrogen and oxygen atoms in total. The van der Waals surface area contributed by atoms with Crippen LogP contribution in [0.1, 0.15) is 18.4 Å². The number of fused-ring (bicyclic) bond motifs is 1. The Morgan fingerprint density at radius 1 is 1.33 bits per heavy atom. The smallest absolute Gasteiger partial charge is 0.179 e. The molecule has 1 unspecified atom stereocenters. The first-order valence-corrected chi connectivity index (χ1v) is 8.09. The number of benzene rings is 1. The minimum atomic E-state index is 0.662. The van der Waals surface area contributed by atoms with E-state index in [0.717, 1.165) is 44.3 Å². The molecule has 1 fully saturated rings. The van der Waals surface area contributed by atoms with E-state index in [4.69, 9.17) is 21.1 Å². The van der Waals surface area contributed by atoms with Crippen LogP contribution in [0.25, 0.3) is 0 Å². The number of hydrogen-bond acceptors (Lipinski definition) is 4. The molecule has 0 spiro atoms. The van der Waals surface area contributed by atoms with E-state index in [0.29, 0.717) is 24.0 Å². The third-order valence-corrected chi connectivity index (χ3v) is 4.41. The zero-order chi connectivity index (χ0) is 14.7. The van der Waals surface area contributed by atoms with Crippen molar-refractivity contribution in [1.82, 2.24) is 10.2 Å². The number of rotatable bonds is 4. The molecule has 1 atom stereocenters. The molecular formula is C16H23ClN2O2. The molecule has 1 N–H and O–H groups in total. The molecule has 1 aromatic rings. The Morgan fingerprint density at radius 3 is 3.05 bits per heavy atom. The Labute approximate surface area is 131 Å². The Hall–Kier alpha value is -0.970. The number of nitrogens with one attached hydrogen (secondary N) is 1. The highest BCUT2D eigenvalue weighted by Crippen LogP contribution is 2.38. The average molecular weight is 311 g/mol. The van der Waals surface area contributed by atoms with Crippen LogP contribution in [0, 0.1) is 5.92 Å². The van der Waals surface area contributed by atoms with E-state index < -0.39 is 0 Å². The normalized spacial score (nSPS) is 22.3. The van der Waals surface area contributed by atoms with Gasteiger partial charge in [-0.15, -0.1) is 0 Å². The Balaban J connectivity index is 1.69. The summed E-state index contributed by atoms with van der Waals surface area (Å²) in [5.41, 5.74) is 1.20. The molecule has 1 saturated heterocycles. The topological polar surface area (TPSA) is 33.7 Å². The SMILES string of the molecule is CNCC1CCN(Cc2cc(Cl)c3c(c2)OCCCO3)C1. The van der Waals surface area contributed by atoms with Crippen LogP contribution in [-0.4, -0.2) is 44.8 Å². The summed E-state index contributed by atoms with van der Waals surface area (Å²) in [4.78, 5) is 2.48. The van der Waals surface area contributed by atoms with Crippen LogP contribution in [-0.2, 0) is 6.54 Å². The van der Waals surface area contributed by atoms with Crippen LogP contribution in [0.2, 0.25) is 5.02 Å². The highest BCUT2D eigenvalue weighted by molar-refractivity contribution is 6.32. The number of likely N-dealkylation sites (tertiary alicyclic amines) is 1. The number of ether oxygens (including phenoxy) is 2. The zero-order valence-corrected chi connectivity index (χ0v) is 13.3. The van der Waals surface area contributed by atoms with E-state index in [1.807, 2.05) is 13.1 Å². The molecule has 0 saturated carbocycles. The van der Waals surface area contributed by atoms with Crippen molar-refractivity contribution < 1.29 is 9.47 Å². The average Bonchev–Trinajstić information content (AvgIpc) is 2.74. The first kappa shape index (κ1) is 14.9. The summed E-state index contributed by atoms with van der Waals surface area (Å²) in [6.07, 6.45) is 2.16. The molecule has 0 radical (unpaired) electrons. The minimum Gasteiger partial charge on any atom is -0.489 e. The van der Waals surface area contributed by atoms with Crippen molar-refractivity contribution in [2.75, 3.05) is 39.9 Å². The van der Waals surface area contributed by atoms with Crippen LogP contribution in [0.5, 0.6) is 11.5 Å². The molecule has 116 valence electrons. The van der Waals surface area contributed by atoms with Crippen LogP contribution in [0.15, 0.2) is 12.1 Å². The van der Waals surface area contributed by atoms with Gasteiger partial charge in [-0.25, -0.2) is 0 Å². The molecule has 0 aromatic heterocycles. The standard InChI is InChI=1S/C16H23ClN2O2/c1-18-9-12-3-4-19(10-12)11-13-7-14(17)16-15(8-13)20-5-2-6-21-16/h7-8,12,18H,2-6,9-11H2,1H3. The molecule has 0 aliphatic carbocycles. The van der Waals surface area contributed by atoms with Crippen LogP contribution in [0.3, 0.4) is 0 Å². The van der Waals surface area contributed by atoms with Crippen molar-refractivity contribution in [1.29, 1.82) is 0 Å². The maximum atomic E-state index is 6.35. The van der Waals surface area contributed by atoms with Gasteiger partial charge in [0.2, 0.25) is 0 Å². The molecular weight excluding hydrogens is 288 g/mol. The van der Waals surface area contributed by atoms with Crippen molar-refractivity contribution in [3.8, 4) is 11.5 Å². The lowest BCUT2D eigenvalue weighted by Gasteiger charge is -2.18. The van der Waals surface area contributed by atoms with Crippen LogP contribution < -0.4 is 14.8 Å². The fourth-order valence-corrected chi connectivity index (χ4v) is 3.43. The van der Waals surface area contributed by atoms with E-state index in [-0.39, 0.29) is 0 Å². The summed E-state index contributed by atoms with van der Waals surface area (Å²) in [6, 6.07) is 4.10. The molecule has 5 heteroatoms. The van der Waals surface area contributed by atoms with Crippen molar-refractivity contribution in [2.45, 2.75) is 19.4 Å². The van der Waals surface area contributed by atoms with E-state index in [9.17, 15) is 0 Å². The van der Waals surface area contributed by atoms with Crippen molar-refractivity contribution in [3.05, 3.63) is 22.7 Å². The Kier molecular flexibility index (Phi) is 4.88. The first-order valence-electron chi connectivity index (χ1n) is 7.71. The van der Waals surface area contributed by atoms with Gasteiger partial charge in [-0.1, -0.05) is 11.6 Å². The second kappa shape index (κ2) is 6.86. The second-order valence-corrected chi connectivity index (χ2v) is 6.31. The van der Waals surface area contributed by atoms with E-state index in [2.05, 4.69) is 16.3 Å². The van der Waals surface area contributed by atoms with Crippen LogP contribution >= 0.6 is 11.6 Å².